The van der Waals surface area contributed by atoms with E-state index in [1.807, 2.05) is 13.8 Å². The zero-order chi connectivity index (χ0) is 24.1. The number of sulfonamides is 1. The molecule has 2 aromatic carbocycles. The van der Waals surface area contributed by atoms with Crippen LogP contribution >= 0.6 is 23.2 Å². The lowest BCUT2D eigenvalue weighted by molar-refractivity contribution is -0.140. The summed E-state index contributed by atoms with van der Waals surface area (Å²) in [7, 11) is -2.61. The maximum atomic E-state index is 13.2. The quantitative estimate of drug-likeness (QED) is 0.571. The van der Waals surface area contributed by atoms with Crippen molar-refractivity contribution >= 4 is 45.0 Å². The molecule has 0 bridgehead atoms. The van der Waals surface area contributed by atoms with Crippen LogP contribution in [0.5, 0.6) is 0 Å². The molecule has 1 N–H and O–H groups in total. The lowest BCUT2D eigenvalue weighted by atomic mass is 10.1. The molecule has 2 aromatic rings. The third-order valence-electron chi connectivity index (χ3n) is 4.72. The highest BCUT2D eigenvalue weighted by molar-refractivity contribution is 7.89. The molecule has 0 aliphatic rings. The number of carbonyl (C=O) groups excluding carboxylic acids is 2. The van der Waals surface area contributed by atoms with Crippen LogP contribution in [-0.2, 0) is 26.2 Å². The third-order valence-corrected chi connectivity index (χ3v) is 7.02. The molecule has 7 nitrogen and oxygen atoms in total. The molecule has 0 saturated heterocycles. The number of carbonyl (C=O) groups is 2. The summed E-state index contributed by atoms with van der Waals surface area (Å²) in [4.78, 5) is 27.2. The molecular weight excluding hydrogens is 473 g/mol. The van der Waals surface area contributed by atoms with Crippen molar-refractivity contribution in [1.29, 1.82) is 0 Å². The fraction of sp³-hybridized carbons (Fsp3) is 0.364. The second-order valence-corrected chi connectivity index (χ2v) is 10.6. The molecule has 174 valence electrons. The van der Waals surface area contributed by atoms with Gasteiger partial charge in [0.15, 0.2) is 0 Å². The number of hydrogen-bond acceptors (Lipinski definition) is 4. The van der Waals surface area contributed by atoms with Gasteiger partial charge in [0.05, 0.1) is 11.4 Å². The fourth-order valence-corrected chi connectivity index (χ4v) is 4.43. The lowest BCUT2D eigenvalue weighted by Crippen LogP contribution is -2.51. The van der Waals surface area contributed by atoms with E-state index < -0.39 is 28.5 Å². The van der Waals surface area contributed by atoms with Gasteiger partial charge in [0.25, 0.3) is 0 Å². The standard InChI is InChI=1S/C22H27Cl2N3O4S/c1-15(2)25-22(29)16(3)27(13-17-6-5-7-19(24)12-17)21(28)14-26(4)32(30,31)20-10-8-18(23)9-11-20/h5-12,15-16H,13-14H2,1-4H3,(H,25,29)/t16-/m1/s1. The first-order valence-electron chi connectivity index (χ1n) is 9.98. The van der Waals surface area contributed by atoms with Crippen LogP contribution in [-0.4, -0.2) is 55.1 Å². The van der Waals surface area contributed by atoms with Gasteiger partial charge in [-0.2, -0.15) is 4.31 Å². The van der Waals surface area contributed by atoms with Gasteiger partial charge in [-0.15, -0.1) is 0 Å². The molecule has 0 aliphatic carbocycles. The first-order valence-corrected chi connectivity index (χ1v) is 12.2. The van der Waals surface area contributed by atoms with E-state index >= 15 is 0 Å². The summed E-state index contributed by atoms with van der Waals surface area (Å²) in [5.41, 5.74) is 0.721. The molecule has 0 heterocycles. The average molecular weight is 500 g/mol. The average Bonchev–Trinajstić information content (AvgIpc) is 2.71. The van der Waals surface area contributed by atoms with Crippen LogP contribution in [0.25, 0.3) is 0 Å². The molecule has 0 unspecified atom stereocenters. The normalized spacial score (nSPS) is 12.6. The van der Waals surface area contributed by atoms with E-state index in [2.05, 4.69) is 5.32 Å². The monoisotopic (exact) mass is 499 g/mol. The van der Waals surface area contributed by atoms with Crippen molar-refractivity contribution in [2.45, 2.75) is 44.3 Å². The summed E-state index contributed by atoms with van der Waals surface area (Å²) in [6, 6.07) is 11.7. The minimum absolute atomic E-state index is 0.0178. The van der Waals surface area contributed by atoms with Gasteiger partial charge in [0.1, 0.15) is 6.04 Å². The van der Waals surface area contributed by atoms with Crippen LogP contribution in [0.2, 0.25) is 10.0 Å². The Labute approximate surface area is 199 Å². The van der Waals surface area contributed by atoms with Gasteiger partial charge in [0, 0.05) is 29.7 Å². The Hall–Kier alpha value is -2.13. The molecule has 0 aromatic heterocycles. The van der Waals surface area contributed by atoms with E-state index in [-0.39, 0.29) is 23.4 Å². The minimum atomic E-state index is -3.92. The van der Waals surface area contributed by atoms with Crippen molar-refractivity contribution in [2.75, 3.05) is 13.6 Å². The third kappa shape index (κ3) is 6.93. The Morgan fingerprint density at radius 1 is 1.00 bits per heavy atom. The smallest absolute Gasteiger partial charge is 0.243 e. The van der Waals surface area contributed by atoms with Crippen LogP contribution in [0.1, 0.15) is 26.3 Å². The van der Waals surface area contributed by atoms with Crippen molar-refractivity contribution < 1.29 is 18.0 Å². The van der Waals surface area contributed by atoms with Crippen molar-refractivity contribution in [3.05, 3.63) is 64.1 Å². The first kappa shape index (κ1) is 26.1. The number of nitrogens with zero attached hydrogens (tertiary/aromatic N) is 2. The van der Waals surface area contributed by atoms with Gasteiger partial charge >= 0.3 is 0 Å². The molecule has 32 heavy (non-hydrogen) atoms. The molecule has 0 radical (unpaired) electrons. The molecule has 10 heteroatoms. The second kappa shape index (κ2) is 11.1. The van der Waals surface area contributed by atoms with Crippen molar-refractivity contribution in [3.63, 3.8) is 0 Å². The summed E-state index contributed by atoms with van der Waals surface area (Å²) in [6.07, 6.45) is 0. The number of likely N-dealkylation sites (N-methyl/N-ethyl adjacent to an activating group) is 1. The van der Waals surface area contributed by atoms with E-state index in [0.717, 1.165) is 9.87 Å². The van der Waals surface area contributed by atoms with E-state index in [0.29, 0.717) is 10.0 Å². The van der Waals surface area contributed by atoms with E-state index in [9.17, 15) is 18.0 Å². The molecule has 0 spiro atoms. The summed E-state index contributed by atoms with van der Waals surface area (Å²) in [5, 5.41) is 3.69. The minimum Gasteiger partial charge on any atom is -0.352 e. The number of amides is 2. The topological polar surface area (TPSA) is 86.8 Å². The predicted molar refractivity (Wildman–Crippen MR) is 126 cm³/mol. The highest BCUT2D eigenvalue weighted by Crippen LogP contribution is 2.19. The Kier molecular flexibility index (Phi) is 9.09. The Morgan fingerprint density at radius 3 is 2.19 bits per heavy atom. The number of nitrogens with one attached hydrogen (secondary N) is 1. The van der Waals surface area contributed by atoms with Gasteiger partial charge in [-0.25, -0.2) is 8.42 Å². The predicted octanol–water partition coefficient (Wildman–Crippen LogP) is 3.56. The van der Waals surface area contributed by atoms with Gasteiger partial charge in [-0.3, -0.25) is 9.59 Å². The summed E-state index contributed by atoms with van der Waals surface area (Å²) >= 11 is 11.9. The first-order chi connectivity index (χ1) is 14.9. The van der Waals surface area contributed by atoms with Crippen LogP contribution in [0.3, 0.4) is 0 Å². The lowest BCUT2D eigenvalue weighted by Gasteiger charge is -2.30. The highest BCUT2D eigenvalue weighted by atomic mass is 35.5. The van der Waals surface area contributed by atoms with Crippen LogP contribution in [0, 0.1) is 0 Å². The number of halogens is 2. The van der Waals surface area contributed by atoms with E-state index in [1.54, 1.807) is 31.2 Å². The van der Waals surface area contributed by atoms with Gasteiger partial charge in [0.2, 0.25) is 21.8 Å². The molecule has 2 amide bonds. The molecule has 0 saturated carbocycles. The zero-order valence-electron chi connectivity index (χ0n) is 18.4. The fourth-order valence-electron chi connectivity index (χ4n) is 2.97. The largest absolute Gasteiger partial charge is 0.352 e. The van der Waals surface area contributed by atoms with Crippen molar-refractivity contribution in [2.24, 2.45) is 0 Å². The van der Waals surface area contributed by atoms with E-state index in [1.165, 1.54) is 36.2 Å². The van der Waals surface area contributed by atoms with Crippen molar-refractivity contribution in [3.8, 4) is 0 Å². The maximum absolute atomic E-state index is 13.2. The van der Waals surface area contributed by atoms with Gasteiger partial charge in [-0.05, 0) is 62.7 Å². The van der Waals surface area contributed by atoms with Gasteiger partial charge < -0.3 is 10.2 Å². The summed E-state index contributed by atoms with van der Waals surface area (Å²) in [6.45, 7) is 4.90. The van der Waals surface area contributed by atoms with Crippen molar-refractivity contribution in [1.82, 2.24) is 14.5 Å². The van der Waals surface area contributed by atoms with Gasteiger partial charge in [-0.1, -0.05) is 35.3 Å². The molecule has 1 atom stereocenters. The van der Waals surface area contributed by atoms with Crippen LogP contribution < -0.4 is 5.32 Å². The summed E-state index contributed by atoms with van der Waals surface area (Å²) in [5.74, 6) is -0.852. The number of hydrogen-bond donors (Lipinski definition) is 1. The maximum Gasteiger partial charge on any atom is 0.243 e. The van der Waals surface area contributed by atoms with E-state index in [4.69, 9.17) is 23.2 Å². The number of benzene rings is 2. The second-order valence-electron chi connectivity index (χ2n) is 7.71. The zero-order valence-corrected chi connectivity index (χ0v) is 20.7. The number of rotatable bonds is 9. The molecule has 0 aliphatic heterocycles. The molecule has 0 fully saturated rings. The SMILES string of the molecule is CC(C)NC(=O)[C@@H](C)N(Cc1cccc(Cl)c1)C(=O)CN(C)S(=O)(=O)c1ccc(Cl)cc1. The van der Waals surface area contributed by atoms with Crippen LogP contribution in [0.4, 0.5) is 0 Å². The molecular formula is C22H27Cl2N3O4S. The highest BCUT2D eigenvalue weighted by Gasteiger charge is 2.30. The Morgan fingerprint density at radius 2 is 1.62 bits per heavy atom. The van der Waals surface area contributed by atoms with Crippen LogP contribution in [0.15, 0.2) is 53.4 Å². The Balaban J connectivity index is 2.27. The Bertz CT molecular complexity index is 1060. The summed E-state index contributed by atoms with van der Waals surface area (Å²) < 4.78 is 26.7. The molecule has 2 rings (SSSR count).